The number of amides is 1. The maximum Gasteiger partial charge on any atom is 0.260 e. The molecule has 7 heteroatoms. The Morgan fingerprint density at radius 3 is 2.60 bits per heavy atom. The number of hydrogen-bond acceptors (Lipinski definition) is 6. The van der Waals surface area contributed by atoms with Crippen LogP contribution in [0, 0.1) is 0 Å². The van der Waals surface area contributed by atoms with Gasteiger partial charge in [-0.3, -0.25) is 9.69 Å². The Morgan fingerprint density at radius 1 is 1.03 bits per heavy atom. The minimum absolute atomic E-state index is 0.0739. The average molecular weight is 426 g/mol. The van der Waals surface area contributed by atoms with Crippen molar-refractivity contribution in [2.45, 2.75) is 27.2 Å². The number of anilines is 1. The van der Waals surface area contributed by atoms with E-state index in [-0.39, 0.29) is 12.7 Å². The van der Waals surface area contributed by atoms with Gasteiger partial charge in [-0.1, -0.05) is 38.2 Å². The normalized spacial score (nSPS) is 12.7. The highest BCUT2D eigenvalue weighted by Crippen LogP contribution is 2.34. The van der Waals surface area contributed by atoms with Crippen molar-refractivity contribution >= 4 is 32.6 Å². The van der Waals surface area contributed by atoms with E-state index in [1.807, 2.05) is 6.07 Å². The molecule has 0 atom stereocenters. The molecule has 2 heterocycles. The third-order valence-electron chi connectivity index (χ3n) is 5.48. The van der Waals surface area contributed by atoms with Gasteiger partial charge < -0.3 is 14.4 Å². The van der Waals surface area contributed by atoms with Crippen molar-refractivity contribution < 1.29 is 14.3 Å². The third-order valence-corrected chi connectivity index (χ3v) is 6.52. The van der Waals surface area contributed by atoms with Crippen LogP contribution in [0.1, 0.15) is 36.7 Å². The fourth-order valence-electron chi connectivity index (χ4n) is 3.54. The first kappa shape index (κ1) is 20.6. The quantitative estimate of drug-likeness (QED) is 0.529. The highest BCUT2D eigenvalue weighted by molar-refractivity contribution is 7.22. The number of hydrogen-bond donors (Lipinski definition) is 0. The van der Waals surface area contributed by atoms with Crippen molar-refractivity contribution in [1.29, 1.82) is 0 Å². The minimum atomic E-state index is -0.0739. The summed E-state index contributed by atoms with van der Waals surface area (Å²) in [5, 5.41) is 0.730. The zero-order chi connectivity index (χ0) is 21.1. The largest absolute Gasteiger partial charge is 0.454 e. The van der Waals surface area contributed by atoms with Crippen LogP contribution < -0.4 is 14.4 Å². The second-order valence-corrected chi connectivity index (χ2v) is 8.21. The predicted octanol–water partition coefficient (Wildman–Crippen LogP) is 4.58. The summed E-state index contributed by atoms with van der Waals surface area (Å²) in [7, 11) is 0. The van der Waals surface area contributed by atoms with Gasteiger partial charge in [0.15, 0.2) is 16.6 Å². The molecule has 0 bridgehead atoms. The van der Waals surface area contributed by atoms with Crippen LogP contribution >= 0.6 is 11.3 Å². The van der Waals surface area contributed by atoms with Gasteiger partial charge >= 0.3 is 0 Å². The molecular formula is C23H27N3O3S. The molecule has 0 spiro atoms. The molecule has 1 amide bonds. The SMILES string of the molecule is CCc1ccc2nc(N(CCN(CC)CC)C(=O)c3ccc4c(c3)OCO4)sc2c1. The number of rotatable bonds is 8. The number of aromatic nitrogens is 1. The molecule has 0 N–H and O–H groups in total. The number of fused-ring (bicyclic) bond motifs is 2. The number of aryl methyl sites for hydroxylation is 1. The second-order valence-electron chi connectivity index (χ2n) is 7.20. The van der Waals surface area contributed by atoms with E-state index in [4.69, 9.17) is 14.5 Å². The summed E-state index contributed by atoms with van der Waals surface area (Å²) in [6.07, 6.45) is 0.977. The van der Waals surface area contributed by atoms with E-state index in [0.29, 0.717) is 23.6 Å². The fraction of sp³-hybridized carbons (Fsp3) is 0.391. The molecule has 3 aromatic rings. The number of carbonyl (C=O) groups is 1. The van der Waals surface area contributed by atoms with Crippen LogP contribution in [0.5, 0.6) is 11.5 Å². The smallest absolute Gasteiger partial charge is 0.260 e. The first-order chi connectivity index (χ1) is 14.6. The van der Waals surface area contributed by atoms with Gasteiger partial charge in [-0.25, -0.2) is 4.98 Å². The van der Waals surface area contributed by atoms with Crippen LogP contribution in [0.15, 0.2) is 36.4 Å². The van der Waals surface area contributed by atoms with Crippen LogP contribution in [0.4, 0.5) is 5.13 Å². The van der Waals surface area contributed by atoms with Crippen LogP contribution in [0.3, 0.4) is 0 Å². The minimum Gasteiger partial charge on any atom is -0.454 e. The highest BCUT2D eigenvalue weighted by atomic mass is 32.1. The average Bonchev–Trinajstić information content (AvgIpc) is 3.41. The van der Waals surface area contributed by atoms with Gasteiger partial charge in [-0.05, 0) is 55.4 Å². The lowest BCUT2D eigenvalue weighted by Gasteiger charge is -2.24. The number of nitrogens with zero attached hydrogens (tertiary/aromatic N) is 3. The van der Waals surface area contributed by atoms with E-state index in [9.17, 15) is 4.79 Å². The van der Waals surface area contributed by atoms with Gasteiger partial charge in [0.05, 0.1) is 10.2 Å². The Kier molecular flexibility index (Phi) is 6.20. The summed E-state index contributed by atoms with van der Waals surface area (Å²) in [6.45, 7) is 9.87. The van der Waals surface area contributed by atoms with Gasteiger partial charge in [0.1, 0.15) is 0 Å². The van der Waals surface area contributed by atoms with E-state index >= 15 is 0 Å². The maximum atomic E-state index is 13.5. The van der Waals surface area contributed by atoms with E-state index in [1.54, 1.807) is 34.4 Å². The molecule has 0 saturated carbocycles. The van der Waals surface area contributed by atoms with Gasteiger partial charge in [-0.15, -0.1) is 0 Å². The molecular weight excluding hydrogens is 398 g/mol. The predicted molar refractivity (Wildman–Crippen MR) is 121 cm³/mol. The molecule has 1 aliphatic heterocycles. The third kappa shape index (κ3) is 4.13. The van der Waals surface area contributed by atoms with E-state index in [1.165, 1.54) is 5.56 Å². The molecule has 0 saturated heterocycles. The monoisotopic (exact) mass is 425 g/mol. The fourth-order valence-corrected chi connectivity index (χ4v) is 4.60. The molecule has 1 aromatic heterocycles. The lowest BCUT2D eigenvalue weighted by Crippen LogP contribution is -2.38. The van der Waals surface area contributed by atoms with Crippen molar-refractivity contribution in [1.82, 2.24) is 9.88 Å². The molecule has 1 aliphatic rings. The molecule has 0 aliphatic carbocycles. The van der Waals surface area contributed by atoms with E-state index in [0.717, 1.165) is 41.4 Å². The Bertz CT molecular complexity index is 1050. The summed E-state index contributed by atoms with van der Waals surface area (Å²) >= 11 is 1.57. The summed E-state index contributed by atoms with van der Waals surface area (Å²) in [5.41, 5.74) is 2.78. The summed E-state index contributed by atoms with van der Waals surface area (Å²) in [6, 6.07) is 11.7. The number of ether oxygens (including phenoxy) is 2. The topological polar surface area (TPSA) is 54.9 Å². The molecule has 0 radical (unpaired) electrons. The maximum absolute atomic E-state index is 13.5. The molecule has 0 unspecified atom stereocenters. The number of carbonyl (C=O) groups excluding carboxylic acids is 1. The summed E-state index contributed by atoms with van der Waals surface area (Å²) in [5.74, 6) is 1.21. The summed E-state index contributed by atoms with van der Waals surface area (Å²) in [4.78, 5) is 22.4. The Hall–Kier alpha value is -2.64. The van der Waals surface area contributed by atoms with Gasteiger partial charge in [-0.2, -0.15) is 0 Å². The van der Waals surface area contributed by atoms with Crippen LogP contribution in [0.25, 0.3) is 10.2 Å². The molecule has 4 rings (SSSR count). The van der Waals surface area contributed by atoms with Gasteiger partial charge in [0.25, 0.3) is 5.91 Å². The van der Waals surface area contributed by atoms with Crippen molar-refractivity contribution in [2.24, 2.45) is 0 Å². The Morgan fingerprint density at radius 2 is 1.83 bits per heavy atom. The first-order valence-corrected chi connectivity index (χ1v) is 11.3. The Labute approximate surface area is 181 Å². The zero-order valence-corrected chi connectivity index (χ0v) is 18.5. The van der Waals surface area contributed by atoms with Crippen molar-refractivity contribution in [2.75, 3.05) is 37.9 Å². The highest BCUT2D eigenvalue weighted by Gasteiger charge is 2.24. The van der Waals surface area contributed by atoms with Crippen LogP contribution in [0.2, 0.25) is 0 Å². The van der Waals surface area contributed by atoms with Crippen molar-refractivity contribution in [3.8, 4) is 11.5 Å². The molecule has 6 nitrogen and oxygen atoms in total. The summed E-state index contributed by atoms with van der Waals surface area (Å²) < 4.78 is 12.0. The van der Waals surface area contributed by atoms with Gasteiger partial charge in [0.2, 0.25) is 6.79 Å². The van der Waals surface area contributed by atoms with Crippen LogP contribution in [-0.4, -0.2) is 48.8 Å². The second kappa shape index (κ2) is 9.02. The van der Waals surface area contributed by atoms with Crippen LogP contribution in [-0.2, 0) is 6.42 Å². The van der Waals surface area contributed by atoms with E-state index in [2.05, 4.69) is 37.8 Å². The number of benzene rings is 2. The molecule has 2 aromatic carbocycles. The lowest BCUT2D eigenvalue weighted by atomic mass is 10.1. The van der Waals surface area contributed by atoms with Crippen molar-refractivity contribution in [3.63, 3.8) is 0 Å². The number of thiazole rings is 1. The molecule has 30 heavy (non-hydrogen) atoms. The first-order valence-electron chi connectivity index (χ1n) is 10.5. The number of likely N-dealkylation sites (N-methyl/N-ethyl adjacent to an activating group) is 1. The zero-order valence-electron chi connectivity index (χ0n) is 17.7. The van der Waals surface area contributed by atoms with Gasteiger partial charge in [0, 0.05) is 18.7 Å². The lowest BCUT2D eigenvalue weighted by molar-refractivity contribution is 0.0983. The molecule has 158 valence electrons. The molecule has 0 fully saturated rings. The van der Waals surface area contributed by atoms with E-state index < -0.39 is 0 Å². The van der Waals surface area contributed by atoms with Crippen molar-refractivity contribution in [3.05, 3.63) is 47.5 Å². The standard InChI is InChI=1S/C23H27N3O3S/c1-4-16-7-9-18-21(13-16)30-23(24-18)26(12-11-25(5-2)6-3)22(27)17-8-10-19-20(14-17)29-15-28-19/h7-10,13-14H,4-6,11-12,15H2,1-3H3. The Balaban J connectivity index is 1.67.